The predicted octanol–water partition coefficient (Wildman–Crippen LogP) is 2.71. The fraction of sp³-hybridized carbons (Fsp3) is 0.111. The third-order valence-corrected chi connectivity index (χ3v) is 3.50. The highest BCUT2D eigenvalue weighted by molar-refractivity contribution is 5.92. The van der Waals surface area contributed by atoms with Crippen LogP contribution < -0.4 is 11.1 Å². The highest BCUT2D eigenvalue weighted by atomic mass is 19.1. The molecule has 0 saturated heterocycles. The number of hydrogen-bond acceptors (Lipinski definition) is 8. The van der Waals surface area contributed by atoms with Crippen LogP contribution in [0.1, 0.15) is 21.7 Å². The zero-order chi connectivity index (χ0) is 19.4. The van der Waals surface area contributed by atoms with Crippen LogP contribution in [0.3, 0.4) is 0 Å². The zero-order valence-corrected chi connectivity index (χ0v) is 14.3. The number of nitrogens with zero attached hydrogens (tertiary/aromatic N) is 3. The fourth-order valence-corrected chi connectivity index (χ4v) is 2.24. The topological polar surface area (TPSA) is 123 Å². The van der Waals surface area contributed by atoms with E-state index in [1.807, 2.05) is 0 Å². The zero-order valence-electron chi connectivity index (χ0n) is 14.3. The second-order valence-corrected chi connectivity index (χ2v) is 5.66. The standard InChI is InChI=1S/C18H16FN5O3/c1-10-2-7-13(14(25)8-10)16(26)27-9-15-22-17(20)24-18(23-15)21-12-5-3-11(19)4-6-12/h2-8,25H,9H2,1H3,(H3,20,21,22,23,24). The summed E-state index contributed by atoms with van der Waals surface area (Å²) in [4.78, 5) is 24.1. The molecule has 0 radical (unpaired) electrons. The first kappa shape index (κ1) is 18.1. The van der Waals surface area contributed by atoms with E-state index in [0.29, 0.717) is 5.69 Å². The molecule has 0 amide bonds. The molecule has 4 N–H and O–H groups in total. The van der Waals surface area contributed by atoms with E-state index in [0.717, 1.165) is 5.56 Å². The summed E-state index contributed by atoms with van der Waals surface area (Å²) in [6.07, 6.45) is 0. The second kappa shape index (κ2) is 7.65. The van der Waals surface area contributed by atoms with Crippen molar-refractivity contribution in [1.29, 1.82) is 0 Å². The number of nitrogens with one attached hydrogen (secondary N) is 1. The summed E-state index contributed by atoms with van der Waals surface area (Å²) >= 11 is 0. The van der Waals surface area contributed by atoms with Crippen LogP contribution in [-0.4, -0.2) is 26.0 Å². The summed E-state index contributed by atoms with van der Waals surface area (Å²) in [5, 5.41) is 12.7. The molecule has 0 atom stereocenters. The molecule has 0 aliphatic heterocycles. The Morgan fingerprint density at radius 3 is 2.63 bits per heavy atom. The van der Waals surface area contributed by atoms with Crippen LogP contribution in [0.2, 0.25) is 0 Å². The van der Waals surface area contributed by atoms with Gasteiger partial charge in [0, 0.05) is 5.69 Å². The number of hydrogen-bond donors (Lipinski definition) is 3. The minimum atomic E-state index is -0.723. The van der Waals surface area contributed by atoms with Gasteiger partial charge in [-0.25, -0.2) is 9.18 Å². The lowest BCUT2D eigenvalue weighted by Crippen LogP contribution is -2.11. The van der Waals surface area contributed by atoms with Gasteiger partial charge in [-0.15, -0.1) is 0 Å². The number of ether oxygens (including phenoxy) is 1. The Morgan fingerprint density at radius 1 is 1.19 bits per heavy atom. The van der Waals surface area contributed by atoms with Crippen molar-refractivity contribution < 1.29 is 19.0 Å². The quantitative estimate of drug-likeness (QED) is 0.587. The first-order valence-corrected chi connectivity index (χ1v) is 7.90. The Bertz CT molecular complexity index is 979. The van der Waals surface area contributed by atoms with Crippen LogP contribution in [0.4, 0.5) is 22.0 Å². The van der Waals surface area contributed by atoms with Crippen molar-refractivity contribution in [2.75, 3.05) is 11.1 Å². The molecule has 27 heavy (non-hydrogen) atoms. The number of halogens is 1. The number of carbonyl (C=O) groups is 1. The molecule has 0 aliphatic carbocycles. The first-order chi connectivity index (χ1) is 12.9. The molecule has 8 nitrogen and oxygen atoms in total. The van der Waals surface area contributed by atoms with Crippen LogP contribution in [0.5, 0.6) is 5.75 Å². The van der Waals surface area contributed by atoms with Crippen molar-refractivity contribution in [2.45, 2.75) is 13.5 Å². The highest BCUT2D eigenvalue weighted by Gasteiger charge is 2.14. The number of esters is 1. The molecule has 0 bridgehead atoms. The summed E-state index contributed by atoms with van der Waals surface area (Å²) in [5.74, 6) is -1.10. The lowest BCUT2D eigenvalue weighted by molar-refractivity contribution is 0.0459. The molecular formula is C18H16FN5O3. The number of carbonyl (C=O) groups excluding carboxylic acids is 1. The lowest BCUT2D eigenvalue weighted by atomic mass is 10.1. The monoisotopic (exact) mass is 369 g/mol. The number of anilines is 3. The summed E-state index contributed by atoms with van der Waals surface area (Å²) in [7, 11) is 0. The Balaban J connectivity index is 1.70. The molecular weight excluding hydrogens is 353 g/mol. The van der Waals surface area contributed by atoms with Gasteiger partial charge in [0.15, 0.2) is 12.4 Å². The van der Waals surface area contributed by atoms with Gasteiger partial charge in [0.05, 0.1) is 0 Å². The van der Waals surface area contributed by atoms with Crippen molar-refractivity contribution in [2.24, 2.45) is 0 Å². The molecule has 0 spiro atoms. The molecule has 1 aromatic heterocycles. The van der Waals surface area contributed by atoms with Gasteiger partial charge in [-0.2, -0.15) is 15.0 Å². The van der Waals surface area contributed by atoms with E-state index in [2.05, 4.69) is 20.3 Å². The van der Waals surface area contributed by atoms with Gasteiger partial charge in [0.1, 0.15) is 17.1 Å². The normalized spacial score (nSPS) is 10.4. The van der Waals surface area contributed by atoms with Gasteiger partial charge in [-0.3, -0.25) is 0 Å². The minimum Gasteiger partial charge on any atom is -0.507 e. The maximum atomic E-state index is 13.0. The van der Waals surface area contributed by atoms with E-state index >= 15 is 0 Å². The molecule has 1 heterocycles. The summed E-state index contributed by atoms with van der Waals surface area (Å²) in [5.41, 5.74) is 7.05. The van der Waals surface area contributed by atoms with Gasteiger partial charge >= 0.3 is 5.97 Å². The molecule has 0 saturated carbocycles. The summed E-state index contributed by atoms with van der Waals surface area (Å²) in [6.45, 7) is 1.52. The van der Waals surface area contributed by atoms with E-state index in [-0.39, 0.29) is 41.5 Å². The van der Waals surface area contributed by atoms with Crippen molar-refractivity contribution in [3.8, 4) is 5.75 Å². The average molecular weight is 369 g/mol. The number of aromatic nitrogens is 3. The minimum absolute atomic E-state index is 0.0345. The number of phenolic OH excluding ortho intramolecular Hbond substituents is 1. The van der Waals surface area contributed by atoms with Crippen molar-refractivity contribution in [1.82, 2.24) is 15.0 Å². The molecule has 3 rings (SSSR count). The number of phenols is 1. The van der Waals surface area contributed by atoms with Crippen LogP contribution in [0.15, 0.2) is 42.5 Å². The fourth-order valence-electron chi connectivity index (χ4n) is 2.24. The number of rotatable bonds is 5. The predicted molar refractivity (Wildman–Crippen MR) is 95.9 cm³/mol. The van der Waals surface area contributed by atoms with Crippen LogP contribution in [0, 0.1) is 12.7 Å². The highest BCUT2D eigenvalue weighted by Crippen LogP contribution is 2.20. The summed E-state index contributed by atoms with van der Waals surface area (Å²) in [6, 6.07) is 10.2. The Hall–Kier alpha value is -3.75. The van der Waals surface area contributed by atoms with Crippen molar-refractivity contribution >= 4 is 23.6 Å². The maximum Gasteiger partial charge on any atom is 0.342 e. The Kier molecular flexibility index (Phi) is 5.11. The molecule has 2 aromatic carbocycles. The molecule has 138 valence electrons. The van der Waals surface area contributed by atoms with Gasteiger partial charge in [-0.1, -0.05) is 6.07 Å². The van der Waals surface area contributed by atoms with E-state index in [1.165, 1.54) is 36.4 Å². The first-order valence-electron chi connectivity index (χ1n) is 7.90. The number of aryl methyl sites for hydroxylation is 1. The number of nitrogen functional groups attached to an aromatic ring is 1. The van der Waals surface area contributed by atoms with Crippen LogP contribution in [-0.2, 0) is 11.3 Å². The van der Waals surface area contributed by atoms with Crippen molar-refractivity contribution in [3.05, 3.63) is 65.2 Å². The Morgan fingerprint density at radius 2 is 1.93 bits per heavy atom. The van der Waals surface area contributed by atoms with Crippen LogP contribution >= 0.6 is 0 Å². The van der Waals surface area contributed by atoms with Gasteiger partial charge in [0.25, 0.3) is 0 Å². The smallest absolute Gasteiger partial charge is 0.342 e. The third-order valence-electron chi connectivity index (χ3n) is 3.50. The molecule has 0 fully saturated rings. The van der Waals surface area contributed by atoms with E-state index in [1.54, 1.807) is 13.0 Å². The van der Waals surface area contributed by atoms with Crippen molar-refractivity contribution in [3.63, 3.8) is 0 Å². The van der Waals surface area contributed by atoms with Gasteiger partial charge in [-0.05, 0) is 48.9 Å². The number of aromatic hydroxyl groups is 1. The SMILES string of the molecule is Cc1ccc(C(=O)OCc2nc(N)nc(Nc3ccc(F)cc3)n2)c(O)c1. The molecule has 3 aromatic rings. The molecule has 0 aliphatic rings. The van der Waals surface area contributed by atoms with E-state index in [4.69, 9.17) is 10.5 Å². The van der Waals surface area contributed by atoms with Crippen LogP contribution in [0.25, 0.3) is 0 Å². The van der Waals surface area contributed by atoms with Gasteiger partial charge < -0.3 is 20.9 Å². The third kappa shape index (κ3) is 4.66. The molecule has 0 unspecified atom stereocenters. The Labute approximate surface area is 153 Å². The average Bonchev–Trinajstić information content (AvgIpc) is 2.61. The van der Waals surface area contributed by atoms with E-state index < -0.39 is 5.97 Å². The lowest BCUT2D eigenvalue weighted by Gasteiger charge is -2.09. The van der Waals surface area contributed by atoms with E-state index in [9.17, 15) is 14.3 Å². The second-order valence-electron chi connectivity index (χ2n) is 5.66. The number of benzene rings is 2. The maximum absolute atomic E-state index is 13.0. The van der Waals surface area contributed by atoms with Gasteiger partial charge in [0.2, 0.25) is 11.9 Å². The largest absolute Gasteiger partial charge is 0.507 e. The summed E-state index contributed by atoms with van der Waals surface area (Å²) < 4.78 is 18.1. The molecule has 9 heteroatoms. The number of nitrogens with two attached hydrogens (primary N) is 1.